The molecule has 0 saturated carbocycles. The van der Waals surface area contributed by atoms with Gasteiger partial charge in [-0.05, 0) is 61.1 Å². The number of aryl methyl sites for hydroxylation is 2. The summed E-state index contributed by atoms with van der Waals surface area (Å²) >= 11 is 22.2. The van der Waals surface area contributed by atoms with E-state index in [4.69, 9.17) is 60.7 Å². The fourth-order valence-corrected chi connectivity index (χ4v) is 2.68. The molecule has 0 bridgehead atoms. The molecule has 0 radical (unpaired) electrons. The first kappa shape index (κ1) is 26.0. The molecule has 1 aromatic carbocycles. The van der Waals surface area contributed by atoms with Crippen LogP contribution in [-0.2, 0) is 17.7 Å². The zero-order valence-electron chi connectivity index (χ0n) is 16.7. The quantitative estimate of drug-likeness (QED) is 0.228. The largest absolute Gasteiger partial charge is 0.493 e. The Morgan fingerprint density at radius 3 is 2.14 bits per heavy atom. The predicted molar refractivity (Wildman–Crippen MR) is 123 cm³/mol. The fraction of sp³-hybridized carbons (Fsp3) is 0.429. The Bertz CT molecular complexity index is 672. The third-order valence-corrected chi connectivity index (χ3v) is 4.43. The second kappa shape index (κ2) is 15.8. The van der Waals surface area contributed by atoms with Gasteiger partial charge in [-0.1, -0.05) is 66.3 Å². The first-order valence-electron chi connectivity index (χ1n) is 9.43. The van der Waals surface area contributed by atoms with Gasteiger partial charge in [-0.25, -0.2) is 0 Å². The molecule has 29 heavy (non-hydrogen) atoms. The SMILES string of the molecule is CCc1cc(OCC=C(Cl)Cl)cc(CC)c1OCCCC=CNOCC=C(Cl)Cl. The molecular formula is C21H27Cl4NO3. The van der Waals surface area contributed by atoms with E-state index < -0.39 is 0 Å². The first-order valence-corrected chi connectivity index (χ1v) is 10.9. The van der Waals surface area contributed by atoms with Crippen LogP contribution in [0.15, 0.2) is 45.5 Å². The Hall–Kier alpha value is -1.04. The fourth-order valence-electron chi connectivity index (χ4n) is 2.43. The molecular weight excluding hydrogens is 456 g/mol. The number of halogens is 4. The van der Waals surface area contributed by atoms with Crippen molar-refractivity contribution in [3.05, 3.63) is 56.7 Å². The summed E-state index contributed by atoms with van der Waals surface area (Å²) in [4.78, 5) is 5.09. The molecule has 8 heteroatoms. The van der Waals surface area contributed by atoms with Gasteiger partial charge in [0.2, 0.25) is 0 Å². The van der Waals surface area contributed by atoms with Crippen LogP contribution in [0.1, 0.15) is 37.8 Å². The van der Waals surface area contributed by atoms with Crippen LogP contribution < -0.4 is 15.0 Å². The van der Waals surface area contributed by atoms with Crippen molar-refractivity contribution in [1.82, 2.24) is 5.48 Å². The molecule has 0 heterocycles. The van der Waals surface area contributed by atoms with Crippen molar-refractivity contribution in [2.24, 2.45) is 0 Å². The van der Waals surface area contributed by atoms with Crippen LogP contribution >= 0.6 is 46.4 Å². The van der Waals surface area contributed by atoms with Crippen molar-refractivity contribution in [1.29, 1.82) is 0 Å². The molecule has 0 aliphatic rings. The van der Waals surface area contributed by atoms with Gasteiger partial charge < -0.3 is 9.47 Å². The highest BCUT2D eigenvalue weighted by Crippen LogP contribution is 2.31. The van der Waals surface area contributed by atoms with Gasteiger partial charge >= 0.3 is 0 Å². The monoisotopic (exact) mass is 481 g/mol. The highest BCUT2D eigenvalue weighted by atomic mass is 35.5. The van der Waals surface area contributed by atoms with E-state index in [2.05, 4.69) is 19.3 Å². The molecule has 1 rings (SSSR count). The molecule has 1 N–H and O–H groups in total. The lowest BCUT2D eigenvalue weighted by Crippen LogP contribution is -2.06. The number of nitrogens with one attached hydrogen (secondary N) is 1. The number of benzene rings is 1. The van der Waals surface area contributed by atoms with Gasteiger partial charge in [-0.3, -0.25) is 10.3 Å². The van der Waals surface area contributed by atoms with Crippen LogP contribution in [-0.4, -0.2) is 19.8 Å². The van der Waals surface area contributed by atoms with Crippen LogP contribution in [0.25, 0.3) is 0 Å². The predicted octanol–water partition coefficient (Wildman–Crippen LogP) is 7.02. The number of hydroxylamine groups is 1. The molecule has 162 valence electrons. The van der Waals surface area contributed by atoms with Gasteiger partial charge in [0.05, 0.1) is 13.2 Å². The van der Waals surface area contributed by atoms with Gasteiger partial charge in [0, 0.05) is 6.20 Å². The number of unbranched alkanes of at least 4 members (excludes halogenated alkanes) is 1. The first-order chi connectivity index (χ1) is 14.0. The Balaban J connectivity index is 2.50. The van der Waals surface area contributed by atoms with Crippen molar-refractivity contribution < 1.29 is 14.3 Å². The molecule has 0 unspecified atom stereocenters. The summed E-state index contributed by atoms with van der Waals surface area (Å²) in [5.74, 6) is 1.74. The summed E-state index contributed by atoms with van der Waals surface area (Å²) in [6.07, 6.45) is 10.3. The number of ether oxygens (including phenoxy) is 2. The van der Waals surface area contributed by atoms with E-state index in [-0.39, 0.29) is 8.98 Å². The van der Waals surface area contributed by atoms with E-state index in [9.17, 15) is 0 Å². The van der Waals surface area contributed by atoms with E-state index in [0.29, 0.717) is 19.8 Å². The Kier molecular flexibility index (Phi) is 14.1. The van der Waals surface area contributed by atoms with E-state index >= 15 is 0 Å². The lowest BCUT2D eigenvalue weighted by molar-refractivity contribution is 0.0952. The number of hydrogen-bond acceptors (Lipinski definition) is 4. The molecule has 0 aromatic heterocycles. The van der Waals surface area contributed by atoms with Gasteiger partial charge in [0.25, 0.3) is 0 Å². The summed E-state index contributed by atoms with van der Waals surface area (Å²) in [7, 11) is 0. The maximum absolute atomic E-state index is 6.09. The third kappa shape index (κ3) is 11.7. The maximum Gasteiger partial charge on any atom is 0.125 e. The van der Waals surface area contributed by atoms with Crippen molar-refractivity contribution in [3.8, 4) is 11.5 Å². The topological polar surface area (TPSA) is 39.7 Å². The number of hydrogen-bond donors (Lipinski definition) is 1. The van der Waals surface area contributed by atoms with Gasteiger partial charge in [0.15, 0.2) is 0 Å². The Morgan fingerprint density at radius 1 is 0.931 bits per heavy atom. The van der Waals surface area contributed by atoms with Gasteiger partial charge in [-0.15, -0.1) is 0 Å². The standard InChI is InChI=1S/C21H27Cl4NO3/c1-3-16-14-18(27-12-8-19(22)23)15-17(4-2)21(16)28-11-7-5-6-10-26-29-13-9-20(24)25/h6,8-10,14-15,26H,3-5,7,11-13H2,1-2H3. The Labute approximate surface area is 193 Å². The van der Waals surface area contributed by atoms with Crippen LogP contribution in [0, 0.1) is 0 Å². The van der Waals surface area contributed by atoms with Crippen molar-refractivity contribution in [3.63, 3.8) is 0 Å². The molecule has 0 fully saturated rings. The minimum absolute atomic E-state index is 0.182. The molecule has 0 aliphatic heterocycles. The minimum Gasteiger partial charge on any atom is -0.493 e. The van der Waals surface area contributed by atoms with Crippen LogP contribution in [0.5, 0.6) is 11.5 Å². The van der Waals surface area contributed by atoms with Crippen LogP contribution in [0.4, 0.5) is 0 Å². The van der Waals surface area contributed by atoms with Gasteiger partial charge in [0.1, 0.15) is 27.1 Å². The lowest BCUT2D eigenvalue weighted by Gasteiger charge is -2.17. The summed E-state index contributed by atoms with van der Waals surface area (Å²) in [5, 5.41) is 0. The molecule has 0 amide bonds. The smallest absolute Gasteiger partial charge is 0.125 e. The molecule has 0 spiro atoms. The van der Waals surface area contributed by atoms with Crippen molar-refractivity contribution in [2.45, 2.75) is 39.5 Å². The lowest BCUT2D eigenvalue weighted by atomic mass is 10.0. The Morgan fingerprint density at radius 2 is 1.55 bits per heavy atom. The van der Waals surface area contributed by atoms with Crippen LogP contribution in [0.3, 0.4) is 0 Å². The highest BCUT2D eigenvalue weighted by molar-refractivity contribution is 6.56. The zero-order valence-corrected chi connectivity index (χ0v) is 19.7. The average Bonchev–Trinajstić information content (AvgIpc) is 2.68. The summed E-state index contributed by atoms with van der Waals surface area (Å²) in [6, 6.07) is 4.01. The van der Waals surface area contributed by atoms with Crippen molar-refractivity contribution in [2.75, 3.05) is 19.8 Å². The van der Waals surface area contributed by atoms with E-state index in [1.165, 1.54) is 0 Å². The van der Waals surface area contributed by atoms with E-state index in [1.54, 1.807) is 18.4 Å². The second-order valence-corrected chi connectivity index (χ2v) is 7.91. The number of rotatable bonds is 14. The maximum atomic E-state index is 6.09. The normalized spacial score (nSPS) is 10.7. The zero-order chi connectivity index (χ0) is 21.5. The molecule has 4 nitrogen and oxygen atoms in total. The van der Waals surface area contributed by atoms with Crippen molar-refractivity contribution >= 4 is 46.4 Å². The van der Waals surface area contributed by atoms with E-state index in [1.807, 2.05) is 18.2 Å². The summed E-state index contributed by atoms with van der Waals surface area (Å²) in [6.45, 7) is 5.45. The van der Waals surface area contributed by atoms with E-state index in [0.717, 1.165) is 48.3 Å². The molecule has 0 saturated heterocycles. The molecule has 0 atom stereocenters. The average molecular weight is 483 g/mol. The highest BCUT2D eigenvalue weighted by Gasteiger charge is 2.11. The third-order valence-electron chi connectivity index (χ3n) is 3.82. The van der Waals surface area contributed by atoms with Gasteiger partial charge in [-0.2, -0.15) is 0 Å². The van der Waals surface area contributed by atoms with Crippen LogP contribution in [0.2, 0.25) is 0 Å². The minimum atomic E-state index is 0.182. The molecule has 0 aliphatic carbocycles. The second-order valence-electron chi connectivity index (χ2n) is 5.90. The summed E-state index contributed by atoms with van der Waals surface area (Å²) in [5.41, 5.74) is 4.94. The number of allylic oxidation sites excluding steroid dienone is 1. The summed E-state index contributed by atoms with van der Waals surface area (Å²) < 4.78 is 12.2. The molecule has 1 aromatic rings.